The number of amides is 1. The number of carbonyl (C=O) groups is 1. The largest absolute Gasteiger partial charge is 0.389 e. The number of halogens is 2. The summed E-state index contributed by atoms with van der Waals surface area (Å²) in [6, 6.07) is 8.87. The van der Waals surface area contributed by atoms with E-state index in [1.54, 1.807) is 17.0 Å². The zero-order chi connectivity index (χ0) is 18.4. The number of hydrogen-bond donors (Lipinski definition) is 1. The fourth-order valence-corrected chi connectivity index (χ4v) is 3.90. The molecule has 3 aromatic rings. The van der Waals surface area contributed by atoms with E-state index in [0.29, 0.717) is 17.2 Å². The molecule has 1 aliphatic rings. The Morgan fingerprint density at radius 3 is 2.15 bits per heavy atom. The Morgan fingerprint density at radius 1 is 1.08 bits per heavy atom. The molecule has 2 heterocycles. The lowest BCUT2D eigenvalue weighted by atomic mass is 10.1. The molecule has 6 heteroatoms. The lowest BCUT2D eigenvalue weighted by molar-refractivity contribution is -0.130. The van der Waals surface area contributed by atoms with E-state index in [-0.39, 0.29) is 25.0 Å². The molecule has 0 spiro atoms. The Balaban J connectivity index is 1.72. The highest BCUT2D eigenvalue weighted by Gasteiger charge is 2.29. The van der Waals surface area contributed by atoms with E-state index in [1.165, 1.54) is 24.3 Å². The first-order valence-electron chi connectivity index (χ1n) is 8.78. The minimum Gasteiger partial charge on any atom is -0.389 e. The molecular weight excluding hydrogens is 338 g/mol. The molecule has 4 nitrogen and oxygen atoms in total. The summed E-state index contributed by atoms with van der Waals surface area (Å²) in [7, 11) is 0. The molecule has 0 aliphatic carbocycles. The van der Waals surface area contributed by atoms with Gasteiger partial charge in [0, 0.05) is 40.8 Å². The molecule has 2 aromatic carbocycles. The third-order valence-electron chi connectivity index (χ3n) is 5.22. The van der Waals surface area contributed by atoms with Crippen molar-refractivity contribution < 1.29 is 18.7 Å². The number of hydrogen-bond acceptors (Lipinski definition) is 2. The van der Waals surface area contributed by atoms with Crippen LogP contribution in [0.25, 0.3) is 21.8 Å². The second kappa shape index (κ2) is 6.36. The van der Waals surface area contributed by atoms with Crippen molar-refractivity contribution in [3.8, 4) is 0 Å². The number of rotatable bonds is 4. The van der Waals surface area contributed by atoms with E-state index >= 15 is 0 Å². The van der Waals surface area contributed by atoms with Crippen LogP contribution < -0.4 is 0 Å². The van der Waals surface area contributed by atoms with Crippen molar-refractivity contribution in [1.82, 2.24) is 9.47 Å². The van der Waals surface area contributed by atoms with Crippen LogP contribution >= 0.6 is 0 Å². The van der Waals surface area contributed by atoms with Crippen molar-refractivity contribution >= 4 is 27.7 Å². The van der Waals surface area contributed by atoms with Gasteiger partial charge in [-0.25, -0.2) is 8.78 Å². The fraction of sp³-hybridized carbons (Fsp3) is 0.350. The maximum atomic E-state index is 13.7. The summed E-state index contributed by atoms with van der Waals surface area (Å²) in [5.74, 6) is -0.724. The van der Waals surface area contributed by atoms with Crippen LogP contribution in [0.5, 0.6) is 0 Å². The van der Waals surface area contributed by atoms with Crippen LogP contribution in [0.4, 0.5) is 8.78 Å². The predicted molar refractivity (Wildman–Crippen MR) is 95.8 cm³/mol. The molecule has 1 N–H and O–H groups in total. The number of benzene rings is 2. The first kappa shape index (κ1) is 17.0. The van der Waals surface area contributed by atoms with Crippen LogP contribution in [0, 0.1) is 11.6 Å². The number of aliphatic hydroxyl groups excluding tert-OH is 1. The fourth-order valence-electron chi connectivity index (χ4n) is 3.90. The van der Waals surface area contributed by atoms with Crippen molar-refractivity contribution in [3.05, 3.63) is 48.0 Å². The summed E-state index contributed by atoms with van der Waals surface area (Å²) in [4.78, 5) is 13.7. The average molecular weight is 358 g/mol. The van der Waals surface area contributed by atoms with Gasteiger partial charge in [0.1, 0.15) is 11.6 Å². The molecule has 4 rings (SSSR count). The number of fused-ring (bicyclic) bond motifs is 3. The van der Waals surface area contributed by atoms with Crippen LogP contribution in [0.1, 0.15) is 19.8 Å². The van der Waals surface area contributed by atoms with Crippen molar-refractivity contribution in [2.24, 2.45) is 0 Å². The van der Waals surface area contributed by atoms with E-state index in [4.69, 9.17) is 0 Å². The second-order valence-electron chi connectivity index (χ2n) is 7.02. The van der Waals surface area contributed by atoms with Gasteiger partial charge in [-0.2, -0.15) is 0 Å². The van der Waals surface area contributed by atoms with Crippen molar-refractivity contribution in [3.63, 3.8) is 0 Å². The predicted octanol–water partition coefficient (Wildman–Crippen LogP) is 3.44. The van der Waals surface area contributed by atoms with Crippen LogP contribution in [-0.2, 0) is 11.3 Å². The lowest BCUT2D eigenvalue weighted by Crippen LogP contribution is -2.39. The van der Waals surface area contributed by atoms with Gasteiger partial charge in [-0.1, -0.05) is 0 Å². The number of nitrogens with zero attached hydrogens (tertiary/aromatic N) is 2. The summed E-state index contributed by atoms with van der Waals surface area (Å²) in [5, 5.41) is 11.8. The summed E-state index contributed by atoms with van der Waals surface area (Å²) in [5.41, 5.74) is 1.46. The van der Waals surface area contributed by atoms with Gasteiger partial charge in [0.15, 0.2) is 0 Å². The normalized spacial score (nSPS) is 19.0. The Hall–Kier alpha value is -2.47. The molecule has 0 bridgehead atoms. The van der Waals surface area contributed by atoms with Gasteiger partial charge in [-0.05, 0) is 49.7 Å². The quantitative estimate of drug-likeness (QED) is 0.777. The first-order chi connectivity index (χ1) is 12.4. The topological polar surface area (TPSA) is 45.5 Å². The third-order valence-corrected chi connectivity index (χ3v) is 5.22. The van der Waals surface area contributed by atoms with Crippen LogP contribution in [-0.4, -0.2) is 39.2 Å². The van der Waals surface area contributed by atoms with Gasteiger partial charge >= 0.3 is 0 Å². The molecule has 26 heavy (non-hydrogen) atoms. The van der Waals surface area contributed by atoms with Gasteiger partial charge in [0.25, 0.3) is 0 Å². The molecule has 2 unspecified atom stereocenters. The molecule has 1 aliphatic heterocycles. The zero-order valence-electron chi connectivity index (χ0n) is 14.5. The second-order valence-corrected chi connectivity index (χ2v) is 7.02. The maximum Gasteiger partial charge on any atom is 0.222 e. The lowest BCUT2D eigenvalue weighted by Gasteiger charge is -2.25. The highest BCUT2D eigenvalue weighted by molar-refractivity contribution is 6.08. The molecule has 1 fully saturated rings. The molecule has 0 saturated carbocycles. The van der Waals surface area contributed by atoms with E-state index in [0.717, 1.165) is 17.5 Å². The Morgan fingerprint density at radius 2 is 1.65 bits per heavy atom. The molecule has 1 amide bonds. The Labute approximate surface area is 149 Å². The van der Waals surface area contributed by atoms with Crippen molar-refractivity contribution in [2.75, 3.05) is 6.54 Å². The van der Waals surface area contributed by atoms with Gasteiger partial charge in [0.2, 0.25) is 5.91 Å². The number of aliphatic hydroxyl groups is 1. The highest BCUT2D eigenvalue weighted by Crippen LogP contribution is 2.30. The highest BCUT2D eigenvalue weighted by atomic mass is 19.1. The average Bonchev–Trinajstić information content (AvgIpc) is 3.07. The van der Waals surface area contributed by atoms with Crippen LogP contribution in [0.2, 0.25) is 0 Å². The number of aromatic nitrogens is 1. The third kappa shape index (κ3) is 2.84. The number of carbonyl (C=O) groups excluding carboxylic acids is 1. The molecule has 1 saturated heterocycles. The van der Waals surface area contributed by atoms with Gasteiger partial charge in [-0.3, -0.25) is 4.79 Å². The van der Waals surface area contributed by atoms with Gasteiger partial charge in [0.05, 0.1) is 12.6 Å². The van der Waals surface area contributed by atoms with Crippen LogP contribution in [0.15, 0.2) is 36.4 Å². The van der Waals surface area contributed by atoms with Crippen LogP contribution in [0.3, 0.4) is 0 Å². The summed E-state index contributed by atoms with van der Waals surface area (Å²) < 4.78 is 29.3. The Bertz CT molecular complexity index is 939. The van der Waals surface area contributed by atoms with E-state index in [2.05, 4.69) is 0 Å². The SMILES string of the molecule is CC1CCC(=O)N1CC(O)Cn1c2ccc(F)cc2c2cc(F)ccc21. The minimum absolute atomic E-state index is 0.0583. The van der Waals surface area contributed by atoms with E-state index in [1.807, 2.05) is 11.5 Å². The minimum atomic E-state index is -0.770. The zero-order valence-corrected chi connectivity index (χ0v) is 14.5. The Kier molecular flexibility index (Phi) is 4.15. The summed E-state index contributed by atoms with van der Waals surface area (Å²) in [6.07, 6.45) is 0.551. The maximum absolute atomic E-state index is 13.7. The molecule has 136 valence electrons. The molecule has 0 radical (unpaired) electrons. The molecular formula is C20H20F2N2O2. The molecule has 1 aromatic heterocycles. The first-order valence-corrected chi connectivity index (χ1v) is 8.78. The standard InChI is InChI=1S/C20H20F2N2O2/c1-12-2-7-20(26)23(12)10-15(25)11-24-18-5-3-13(21)8-16(18)17-9-14(22)4-6-19(17)24/h3-6,8-9,12,15,25H,2,7,10-11H2,1H3. The summed E-state index contributed by atoms with van der Waals surface area (Å²) >= 11 is 0. The van der Waals surface area contributed by atoms with E-state index < -0.39 is 17.7 Å². The smallest absolute Gasteiger partial charge is 0.222 e. The molecule has 2 atom stereocenters. The number of likely N-dealkylation sites (tertiary alicyclic amines) is 1. The van der Waals surface area contributed by atoms with Gasteiger partial charge in [-0.15, -0.1) is 0 Å². The summed E-state index contributed by atoms with van der Waals surface area (Å²) in [6.45, 7) is 2.47. The van der Waals surface area contributed by atoms with E-state index in [9.17, 15) is 18.7 Å². The van der Waals surface area contributed by atoms with Crippen molar-refractivity contribution in [1.29, 1.82) is 0 Å². The van der Waals surface area contributed by atoms with Gasteiger partial charge < -0.3 is 14.6 Å². The van der Waals surface area contributed by atoms with Crippen molar-refractivity contribution in [2.45, 2.75) is 38.5 Å². The monoisotopic (exact) mass is 358 g/mol. The number of β-amino-alcohol motifs (C(OH)–C–C–N with tert-alkyl or cyclic N) is 1.